The van der Waals surface area contributed by atoms with Crippen molar-refractivity contribution in [1.82, 2.24) is 25.1 Å². The molecule has 2 heterocycles. The van der Waals surface area contributed by atoms with Crippen LogP contribution in [-0.2, 0) is 11.2 Å². The summed E-state index contributed by atoms with van der Waals surface area (Å²) in [6.07, 6.45) is 8.22. The molecule has 1 atom stereocenters. The second-order valence-corrected chi connectivity index (χ2v) is 7.95. The van der Waals surface area contributed by atoms with Crippen molar-refractivity contribution in [1.29, 1.82) is 0 Å². The molecule has 2 aromatic heterocycles. The number of hydrogen-bond donors (Lipinski definition) is 1. The zero-order valence-electron chi connectivity index (χ0n) is 16.1. The lowest BCUT2D eigenvalue weighted by Gasteiger charge is -2.24. The molecule has 1 amide bonds. The van der Waals surface area contributed by atoms with E-state index >= 15 is 0 Å². The summed E-state index contributed by atoms with van der Waals surface area (Å²) in [5.41, 5.74) is 5.93. The van der Waals surface area contributed by atoms with Crippen LogP contribution in [0.4, 0.5) is 0 Å². The Labute approximate surface area is 168 Å². The van der Waals surface area contributed by atoms with Gasteiger partial charge in [-0.1, -0.05) is 23.9 Å². The second-order valence-electron chi connectivity index (χ2n) is 7.01. The van der Waals surface area contributed by atoms with Crippen LogP contribution in [0.1, 0.15) is 41.3 Å². The molecule has 3 aromatic rings. The van der Waals surface area contributed by atoms with E-state index in [2.05, 4.69) is 52.4 Å². The highest BCUT2D eigenvalue weighted by Gasteiger charge is 2.26. The third kappa shape index (κ3) is 3.80. The van der Waals surface area contributed by atoms with Crippen LogP contribution < -0.4 is 5.32 Å². The van der Waals surface area contributed by atoms with Crippen molar-refractivity contribution in [2.45, 2.75) is 44.3 Å². The number of fused-ring (bicyclic) bond motifs is 1. The largest absolute Gasteiger partial charge is 0.348 e. The average Bonchev–Trinajstić information content (AvgIpc) is 3.14. The molecule has 0 radical (unpaired) electrons. The fourth-order valence-electron chi connectivity index (χ4n) is 3.61. The zero-order chi connectivity index (χ0) is 19.5. The zero-order valence-corrected chi connectivity index (χ0v) is 16.9. The maximum absolute atomic E-state index is 12.5. The van der Waals surface area contributed by atoms with Crippen LogP contribution in [-0.4, -0.2) is 31.4 Å². The smallest absolute Gasteiger partial charge is 0.230 e. The lowest BCUT2D eigenvalue weighted by Crippen LogP contribution is -2.32. The van der Waals surface area contributed by atoms with Crippen molar-refractivity contribution < 1.29 is 4.79 Å². The van der Waals surface area contributed by atoms with Crippen molar-refractivity contribution in [3.63, 3.8) is 0 Å². The maximum atomic E-state index is 12.5. The summed E-state index contributed by atoms with van der Waals surface area (Å²) in [5.74, 6) is 0.302. The molecule has 0 fully saturated rings. The molecule has 0 saturated carbocycles. The number of nitrogens with zero attached hydrogens (tertiary/aromatic N) is 4. The van der Waals surface area contributed by atoms with Crippen LogP contribution in [0.25, 0.3) is 5.69 Å². The fraction of sp³-hybridized carbons (Fsp3) is 0.333. The highest BCUT2D eigenvalue weighted by Crippen LogP contribution is 2.32. The molecule has 0 aliphatic heterocycles. The lowest BCUT2D eigenvalue weighted by atomic mass is 9.92. The Morgan fingerprint density at radius 1 is 1.25 bits per heavy atom. The molecule has 28 heavy (non-hydrogen) atoms. The van der Waals surface area contributed by atoms with Gasteiger partial charge < -0.3 is 5.32 Å². The molecular formula is C21H23N5OS. The van der Waals surface area contributed by atoms with E-state index in [-0.39, 0.29) is 11.9 Å². The molecule has 144 valence electrons. The molecule has 1 aliphatic carbocycles. The molecule has 7 heteroatoms. The first-order chi connectivity index (χ1) is 13.6. The number of hydrogen-bond acceptors (Lipinski definition) is 5. The molecule has 0 saturated heterocycles. The van der Waals surface area contributed by atoms with Crippen LogP contribution in [0.15, 0.2) is 48.0 Å². The van der Waals surface area contributed by atoms with E-state index in [1.807, 2.05) is 10.9 Å². The van der Waals surface area contributed by atoms with Gasteiger partial charge in [0.05, 0.1) is 23.7 Å². The molecule has 0 bridgehead atoms. The number of nitrogens with one attached hydrogen (secondary N) is 1. The van der Waals surface area contributed by atoms with E-state index in [0.717, 1.165) is 30.5 Å². The number of benzene rings is 1. The first-order valence-corrected chi connectivity index (χ1v) is 10.4. The summed E-state index contributed by atoms with van der Waals surface area (Å²) in [5, 5.41) is 8.44. The molecule has 0 unspecified atom stereocenters. The Morgan fingerprint density at radius 3 is 2.89 bits per heavy atom. The van der Waals surface area contributed by atoms with Crippen LogP contribution in [0.3, 0.4) is 0 Å². The van der Waals surface area contributed by atoms with E-state index in [9.17, 15) is 4.79 Å². The van der Waals surface area contributed by atoms with Crippen LogP contribution >= 0.6 is 11.8 Å². The van der Waals surface area contributed by atoms with E-state index in [1.165, 1.54) is 28.6 Å². The summed E-state index contributed by atoms with van der Waals surface area (Å²) >= 11 is 1.35. The van der Waals surface area contributed by atoms with Gasteiger partial charge in [-0.05, 0) is 56.4 Å². The third-order valence-corrected chi connectivity index (χ3v) is 6.07. The summed E-state index contributed by atoms with van der Waals surface area (Å²) in [4.78, 5) is 20.7. The van der Waals surface area contributed by atoms with E-state index in [0.29, 0.717) is 10.9 Å². The Bertz CT molecular complexity index is 986. The average molecular weight is 394 g/mol. The maximum Gasteiger partial charge on any atom is 0.230 e. The van der Waals surface area contributed by atoms with Crippen LogP contribution in [0.2, 0.25) is 0 Å². The van der Waals surface area contributed by atoms with Gasteiger partial charge in [-0.15, -0.1) is 0 Å². The summed E-state index contributed by atoms with van der Waals surface area (Å²) < 4.78 is 2.04. The van der Waals surface area contributed by atoms with Gasteiger partial charge in [-0.2, -0.15) is 5.10 Å². The van der Waals surface area contributed by atoms with Crippen molar-refractivity contribution in [3.05, 3.63) is 65.2 Å². The number of thioether (sulfide) groups is 1. The number of amides is 1. The van der Waals surface area contributed by atoms with E-state index in [1.54, 1.807) is 18.5 Å². The monoisotopic (exact) mass is 393 g/mol. The predicted octanol–water partition coefficient (Wildman–Crippen LogP) is 3.57. The molecule has 1 N–H and O–H groups in total. The topological polar surface area (TPSA) is 72.7 Å². The molecule has 6 nitrogen and oxygen atoms in total. The minimum Gasteiger partial charge on any atom is -0.348 e. The minimum atomic E-state index is -0.00482. The number of carbonyl (C=O) groups is 1. The first kappa shape index (κ1) is 18.7. The Kier molecular flexibility index (Phi) is 5.43. The van der Waals surface area contributed by atoms with Crippen LogP contribution in [0.5, 0.6) is 0 Å². The van der Waals surface area contributed by atoms with Gasteiger partial charge in [0.2, 0.25) is 5.91 Å². The van der Waals surface area contributed by atoms with Gasteiger partial charge in [0.1, 0.15) is 0 Å². The van der Waals surface area contributed by atoms with Crippen LogP contribution in [0, 0.1) is 13.8 Å². The predicted molar refractivity (Wildman–Crippen MR) is 110 cm³/mol. The van der Waals surface area contributed by atoms with Gasteiger partial charge in [0.15, 0.2) is 5.16 Å². The molecule has 1 aliphatic rings. The first-order valence-electron chi connectivity index (χ1n) is 9.46. The fourth-order valence-corrected chi connectivity index (χ4v) is 4.22. The lowest BCUT2D eigenvalue weighted by molar-refractivity contribution is -0.119. The highest BCUT2D eigenvalue weighted by atomic mass is 32.2. The second kappa shape index (κ2) is 8.14. The number of aromatic nitrogens is 4. The molecule has 1 aromatic carbocycles. The number of aryl methyl sites for hydroxylation is 1. The van der Waals surface area contributed by atoms with Crippen molar-refractivity contribution in [3.8, 4) is 5.69 Å². The Hall–Kier alpha value is -2.67. The standard InChI is InChI=1S/C21H23N5OS/c1-14-6-3-8-18(15(14)2)26-19-9-4-7-17(16(19)12-24-26)25-20(27)13-28-21-22-10-5-11-23-21/h3,5-6,8,10-12,17H,4,7,9,13H2,1-2H3,(H,25,27)/t17-/m0/s1. The van der Waals surface area contributed by atoms with Gasteiger partial charge in [0, 0.05) is 23.7 Å². The number of carbonyl (C=O) groups excluding carboxylic acids is 1. The normalized spacial score (nSPS) is 15.9. The van der Waals surface area contributed by atoms with E-state index in [4.69, 9.17) is 0 Å². The summed E-state index contributed by atoms with van der Waals surface area (Å²) in [6.45, 7) is 4.25. The van der Waals surface area contributed by atoms with Crippen molar-refractivity contribution in [2.75, 3.05) is 5.75 Å². The van der Waals surface area contributed by atoms with Crippen molar-refractivity contribution in [2.24, 2.45) is 0 Å². The number of rotatable bonds is 5. The quantitative estimate of drug-likeness (QED) is 0.530. The molecule has 4 rings (SSSR count). The molecular weight excluding hydrogens is 370 g/mol. The van der Waals surface area contributed by atoms with Gasteiger partial charge in [-0.25, -0.2) is 14.6 Å². The van der Waals surface area contributed by atoms with Gasteiger partial charge in [0.25, 0.3) is 0 Å². The minimum absolute atomic E-state index is 0.00482. The van der Waals surface area contributed by atoms with Crippen molar-refractivity contribution >= 4 is 17.7 Å². The Morgan fingerprint density at radius 2 is 2.07 bits per heavy atom. The summed E-state index contributed by atoms with van der Waals surface area (Å²) in [7, 11) is 0. The van der Waals surface area contributed by atoms with Gasteiger partial charge in [-0.3, -0.25) is 4.79 Å². The van der Waals surface area contributed by atoms with Gasteiger partial charge >= 0.3 is 0 Å². The third-order valence-electron chi connectivity index (χ3n) is 5.20. The summed E-state index contributed by atoms with van der Waals surface area (Å²) in [6, 6.07) is 8.06. The van der Waals surface area contributed by atoms with E-state index < -0.39 is 0 Å². The molecule has 0 spiro atoms. The Balaban J connectivity index is 1.49. The SMILES string of the molecule is Cc1cccc(-n2ncc3c2CCC[C@@H]3NC(=O)CSc2ncccn2)c1C. The highest BCUT2D eigenvalue weighted by molar-refractivity contribution is 7.99.